The smallest absolute Gasteiger partial charge is 0.149 e. The standard InChI is InChI=1S/C8H16O3/c1-11-7-4-2-3-6(5-9)8(7)10/h6-10H,2-5H2,1H3/p+1. The molecule has 0 saturated heterocycles. The van der Waals surface area contributed by atoms with Crippen molar-refractivity contribution < 1.29 is 14.9 Å². The maximum absolute atomic E-state index is 9.58. The molecule has 66 valence electrons. The van der Waals surface area contributed by atoms with Crippen molar-refractivity contribution in [1.29, 1.82) is 0 Å². The molecule has 1 aliphatic carbocycles. The molecule has 1 rings (SSSR count). The Kier molecular flexibility index (Phi) is 3.30. The van der Waals surface area contributed by atoms with E-state index in [0.717, 1.165) is 19.3 Å². The molecule has 0 spiro atoms. The third-order valence-electron chi connectivity index (χ3n) is 2.49. The van der Waals surface area contributed by atoms with E-state index in [0.29, 0.717) is 6.61 Å². The van der Waals surface area contributed by atoms with Crippen LogP contribution in [0, 0.1) is 5.92 Å². The van der Waals surface area contributed by atoms with Crippen LogP contribution in [-0.4, -0.2) is 36.1 Å². The Hall–Kier alpha value is -0.120. The van der Waals surface area contributed by atoms with Gasteiger partial charge in [0.1, 0.15) is 6.61 Å². The number of methoxy groups -OCH3 is 1. The third kappa shape index (κ3) is 1.92. The Balaban J connectivity index is 2.45. The van der Waals surface area contributed by atoms with Gasteiger partial charge in [-0.1, -0.05) is 6.42 Å². The van der Waals surface area contributed by atoms with Gasteiger partial charge in [0.2, 0.25) is 0 Å². The molecule has 1 aliphatic rings. The SMILES string of the molecule is COC1CCCC(C[OH2+])C1O. The van der Waals surface area contributed by atoms with Gasteiger partial charge in [0.05, 0.1) is 18.1 Å². The highest BCUT2D eigenvalue weighted by molar-refractivity contribution is 4.81. The van der Waals surface area contributed by atoms with Crippen molar-refractivity contribution >= 4 is 0 Å². The number of aliphatic hydroxyl groups excluding tert-OH is 1. The number of hydrogen-bond donors (Lipinski definition) is 1. The molecule has 0 heterocycles. The van der Waals surface area contributed by atoms with Crippen molar-refractivity contribution in [1.82, 2.24) is 0 Å². The summed E-state index contributed by atoms with van der Waals surface area (Å²) in [6.07, 6.45) is 2.56. The van der Waals surface area contributed by atoms with Gasteiger partial charge in [-0.3, -0.25) is 0 Å². The second kappa shape index (κ2) is 4.04. The summed E-state index contributed by atoms with van der Waals surface area (Å²) in [5.41, 5.74) is 0. The molecule has 11 heavy (non-hydrogen) atoms. The molecule has 0 radical (unpaired) electrons. The van der Waals surface area contributed by atoms with Gasteiger partial charge in [-0.2, -0.15) is 0 Å². The third-order valence-corrected chi connectivity index (χ3v) is 2.49. The second-order valence-corrected chi connectivity index (χ2v) is 3.16. The first-order valence-corrected chi connectivity index (χ1v) is 4.15. The van der Waals surface area contributed by atoms with E-state index < -0.39 is 6.10 Å². The van der Waals surface area contributed by atoms with Crippen molar-refractivity contribution in [2.24, 2.45) is 5.92 Å². The van der Waals surface area contributed by atoms with Crippen LogP contribution in [0.1, 0.15) is 19.3 Å². The number of aliphatic hydroxyl groups is 1. The molecule has 3 atom stereocenters. The first kappa shape index (κ1) is 8.97. The largest absolute Gasteiger partial charge is 0.445 e. The average Bonchev–Trinajstić information content (AvgIpc) is 2.05. The predicted octanol–water partition coefficient (Wildman–Crippen LogP) is -0.113. The highest BCUT2D eigenvalue weighted by Gasteiger charge is 2.32. The van der Waals surface area contributed by atoms with Gasteiger partial charge in [0.25, 0.3) is 0 Å². The maximum atomic E-state index is 9.58. The Morgan fingerprint density at radius 2 is 2.27 bits per heavy atom. The molecule has 0 bridgehead atoms. The molecular weight excluding hydrogens is 144 g/mol. The summed E-state index contributed by atoms with van der Waals surface area (Å²) in [5.74, 6) is 0.133. The lowest BCUT2D eigenvalue weighted by molar-refractivity contribution is -0.0773. The molecule has 1 saturated carbocycles. The summed E-state index contributed by atoms with van der Waals surface area (Å²) in [7, 11) is 1.63. The van der Waals surface area contributed by atoms with Gasteiger partial charge in [-0.05, 0) is 12.8 Å². The van der Waals surface area contributed by atoms with Crippen LogP contribution in [0.15, 0.2) is 0 Å². The summed E-state index contributed by atoms with van der Waals surface area (Å²) >= 11 is 0. The van der Waals surface area contributed by atoms with Gasteiger partial charge in [0, 0.05) is 7.11 Å². The van der Waals surface area contributed by atoms with E-state index in [1.54, 1.807) is 7.11 Å². The fourth-order valence-corrected chi connectivity index (χ4v) is 1.71. The Morgan fingerprint density at radius 3 is 2.82 bits per heavy atom. The van der Waals surface area contributed by atoms with E-state index in [-0.39, 0.29) is 12.0 Å². The Labute approximate surface area is 67.0 Å². The maximum Gasteiger partial charge on any atom is 0.149 e. The monoisotopic (exact) mass is 161 g/mol. The second-order valence-electron chi connectivity index (χ2n) is 3.16. The van der Waals surface area contributed by atoms with E-state index in [1.807, 2.05) is 0 Å². The molecule has 0 aromatic carbocycles. The number of ether oxygens (including phenoxy) is 1. The zero-order chi connectivity index (χ0) is 8.27. The highest BCUT2D eigenvalue weighted by Crippen LogP contribution is 2.25. The van der Waals surface area contributed by atoms with E-state index in [9.17, 15) is 5.11 Å². The van der Waals surface area contributed by atoms with Gasteiger partial charge in [-0.15, -0.1) is 0 Å². The van der Waals surface area contributed by atoms with Crippen molar-refractivity contribution in [3.05, 3.63) is 0 Å². The quantitative estimate of drug-likeness (QED) is 0.574. The van der Waals surface area contributed by atoms with Gasteiger partial charge in [0.15, 0.2) is 0 Å². The molecule has 1 fully saturated rings. The van der Waals surface area contributed by atoms with Crippen LogP contribution in [0.3, 0.4) is 0 Å². The molecule has 3 unspecified atom stereocenters. The van der Waals surface area contributed by atoms with Gasteiger partial charge < -0.3 is 14.9 Å². The van der Waals surface area contributed by atoms with Crippen LogP contribution in [-0.2, 0) is 4.74 Å². The highest BCUT2D eigenvalue weighted by atomic mass is 16.5. The number of rotatable bonds is 2. The average molecular weight is 161 g/mol. The van der Waals surface area contributed by atoms with Crippen molar-refractivity contribution in [2.75, 3.05) is 13.7 Å². The normalized spacial score (nSPS) is 39.0. The first-order chi connectivity index (χ1) is 5.29. The van der Waals surface area contributed by atoms with Crippen LogP contribution >= 0.6 is 0 Å². The zero-order valence-corrected chi connectivity index (χ0v) is 6.92. The number of hydrogen-bond acceptors (Lipinski definition) is 2. The Morgan fingerprint density at radius 1 is 1.55 bits per heavy atom. The molecule has 3 nitrogen and oxygen atoms in total. The molecule has 0 aliphatic heterocycles. The molecule has 3 N–H and O–H groups in total. The molecule has 0 aromatic rings. The lowest BCUT2D eigenvalue weighted by Crippen LogP contribution is -2.40. The van der Waals surface area contributed by atoms with Gasteiger partial charge in [-0.25, -0.2) is 0 Å². The summed E-state index contributed by atoms with van der Waals surface area (Å²) in [4.78, 5) is 0. The predicted molar refractivity (Wildman–Crippen MR) is 42.6 cm³/mol. The van der Waals surface area contributed by atoms with Crippen molar-refractivity contribution in [2.45, 2.75) is 31.5 Å². The molecule has 3 heteroatoms. The van der Waals surface area contributed by atoms with Crippen LogP contribution in [0.4, 0.5) is 0 Å². The fourth-order valence-electron chi connectivity index (χ4n) is 1.71. The first-order valence-electron chi connectivity index (χ1n) is 4.15. The fraction of sp³-hybridized carbons (Fsp3) is 1.00. The summed E-state index contributed by atoms with van der Waals surface area (Å²) in [5, 5.41) is 16.8. The lowest BCUT2D eigenvalue weighted by atomic mass is 9.85. The minimum Gasteiger partial charge on any atom is -0.445 e. The lowest BCUT2D eigenvalue weighted by Gasteiger charge is -2.31. The summed E-state index contributed by atoms with van der Waals surface area (Å²) < 4.78 is 5.10. The van der Waals surface area contributed by atoms with E-state index in [4.69, 9.17) is 9.84 Å². The van der Waals surface area contributed by atoms with Crippen molar-refractivity contribution in [3.8, 4) is 0 Å². The van der Waals surface area contributed by atoms with Crippen LogP contribution in [0.25, 0.3) is 0 Å². The van der Waals surface area contributed by atoms with Crippen LogP contribution in [0.5, 0.6) is 0 Å². The molecular formula is C8H17O3+. The molecule has 0 amide bonds. The van der Waals surface area contributed by atoms with E-state index >= 15 is 0 Å². The molecule has 0 aromatic heterocycles. The van der Waals surface area contributed by atoms with E-state index in [2.05, 4.69) is 0 Å². The van der Waals surface area contributed by atoms with Gasteiger partial charge >= 0.3 is 0 Å². The van der Waals surface area contributed by atoms with Crippen LogP contribution < -0.4 is 0 Å². The summed E-state index contributed by atoms with van der Waals surface area (Å²) in [6, 6.07) is 0. The zero-order valence-electron chi connectivity index (χ0n) is 6.92. The van der Waals surface area contributed by atoms with Crippen LogP contribution in [0.2, 0.25) is 0 Å². The Bertz CT molecular complexity index is 104. The van der Waals surface area contributed by atoms with Crippen molar-refractivity contribution in [3.63, 3.8) is 0 Å². The summed E-state index contributed by atoms with van der Waals surface area (Å²) in [6.45, 7) is 0.320. The minimum absolute atomic E-state index is 0.0286. The topological polar surface area (TPSA) is 52.4 Å². The minimum atomic E-state index is -0.411. The van der Waals surface area contributed by atoms with E-state index in [1.165, 1.54) is 0 Å².